The van der Waals surface area contributed by atoms with Gasteiger partial charge in [0.15, 0.2) is 0 Å². The molecule has 0 unspecified atom stereocenters. The van der Waals surface area contributed by atoms with E-state index < -0.39 is 0 Å². The van der Waals surface area contributed by atoms with E-state index in [1.165, 1.54) is 5.56 Å². The minimum Gasteiger partial charge on any atom is -0.397 e. The van der Waals surface area contributed by atoms with Gasteiger partial charge < -0.3 is 16.4 Å². The average molecular weight is 471 g/mol. The van der Waals surface area contributed by atoms with Crippen LogP contribution in [0.5, 0.6) is 0 Å². The number of nitrogen functional groups attached to an aromatic ring is 1. The zero-order chi connectivity index (χ0) is 24.5. The molecule has 4 N–H and O–H groups in total. The molecule has 0 atom stereocenters. The molecule has 0 saturated carbocycles. The Morgan fingerprint density at radius 1 is 0.886 bits per heavy atom. The molecular formula is C29H34N4O2. The Morgan fingerprint density at radius 2 is 1.60 bits per heavy atom. The molecule has 3 aromatic carbocycles. The van der Waals surface area contributed by atoms with Crippen LogP contribution in [0, 0.1) is 5.92 Å². The summed E-state index contributed by atoms with van der Waals surface area (Å²) in [7, 11) is 0. The largest absolute Gasteiger partial charge is 0.397 e. The van der Waals surface area contributed by atoms with Crippen LogP contribution in [-0.2, 0) is 17.8 Å². The molecule has 1 aliphatic rings. The fraction of sp³-hybridized carbons (Fsp3) is 0.310. The summed E-state index contributed by atoms with van der Waals surface area (Å²) in [6, 6.07) is 25.3. The van der Waals surface area contributed by atoms with Crippen LogP contribution >= 0.6 is 0 Å². The Balaban J connectivity index is 1.19. The van der Waals surface area contributed by atoms with Crippen LogP contribution in [0.1, 0.15) is 40.7 Å². The molecule has 0 spiro atoms. The van der Waals surface area contributed by atoms with Gasteiger partial charge in [0.25, 0.3) is 5.91 Å². The molecule has 3 aromatic rings. The smallest absolute Gasteiger partial charge is 0.251 e. The first-order valence-electron chi connectivity index (χ1n) is 12.3. The van der Waals surface area contributed by atoms with Gasteiger partial charge in [-0.25, -0.2) is 0 Å². The predicted molar refractivity (Wildman–Crippen MR) is 141 cm³/mol. The fourth-order valence-electron chi connectivity index (χ4n) is 4.48. The molecule has 0 radical (unpaired) electrons. The molecule has 6 heteroatoms. The SMILES string of the molecule is Nc1ccccc1NC(=O)CCc1cccc(C(=O)NCC2CCN(Cc3ccccc3)CC2)c1. The Kier molecular flexibility index (Phi) is 8.52. The van der Waals surface area contributed by atoms with Crippen molar-refractivity contribution in [3.63, 3.8) is 0 Å². The minimum atomic E-state index is -0.101. The lowest BCUT2D eigenvalue weighted by Gasteiger charge is -2.32. The predicted octanol–water partition coefficient (Wildman–Crippen LogP) is 4.48. The Hall–Kier alpha value is -3.64. The number of para-hydroxylation sites is 2. The number of rotatable bonds is 9. The number of amides is 2. The summed E-state index contributed by atoms with van der Waals surface area (Å²) in [4.78, 5) is 27.5. The summed E-state index contributed by atoms with van der Waals surface area (Å²) < 4.78 is 0. The first-order valence-corrected chi connectivity index (χ1v) is 12.3. The molecule has 1 heterocycles. The van der Waals surface area contributed by atoms with E-state index in [1.807, 2.05) is 42.5 Å². The van der Waals surface area contributed by atoms with Crippen LogP contribution in [-0.4, -0.2) is 36.3 Å². The van der Waals surface area contributed by atoms with Crippen LogP contribution in [0.15, 0.2) is 78.9 Å². The van der Waals surface area contributed by atoms with E-state index in [1.54, 1.807) is 12.1 Å². The van der Waals surface area contributed by atoms with E-state index in [-0.39, 0.29) is 11.8 Å². The number of hydrogen-bond acceptors (Lipinski definition) is 4. The first kappa shape index (κ1) is 24.5. The lowest BCUT2D eigenvalue weighted by molar-refractivity contribution is -0.116. The van der Waals surface area contributed by atoms with Gasteiger partial charge in [-0.15, -0.1) is 0 Å². The number of anilines is 2. The number of hydrogen-bond donors (Lipinski definition) is 3. The van der Waals surface area contributed by atoms with Gasteiger partial charge >= 0.3 is 0 Å². The van der Waals surface area contributed by atoms with Crippen molar-refractivity contribution in [2.45, 2.75) is 32.2 Å². The van der Waals surface area contributed by atoms with Gasteiger partial charge in [0.2, 0.25) is 5.91 Å². The summed E-state index contributed by atoms with van der Waals surface area (Å²) in [6.45, 7) is 3.80. The summed E-state index contributed by atoms with van der Waals surface area (Å²) in [6.07, 6.45) is 3.06. The van der Waals surface area contributed by atoms with Crippen molar-refractivity contribution in [1.82, 2.24) is 10.2 Å². The normalized spacial score (nSPS) is 14.4. The van der Waals surface area contributed by atoms with Crippen molar-refractivity contribution in [1.29, 1.82) is 0 Å². The second kappa shape index (κ2) is 12.2. The van der Waals surface area contributed by atoms with Gasteiger partial charge in [0.1, 0.15) is 0 Å². The molecule has 4 rings (SSSR count). The highest BCUT2D eigenvalue weighted by molar-refractivity contribution is 5.95. The lowest BCUT2D eigenvalue weighted by Crippen LogP contribution is -2.38. The standard InChI is InChI=1S/C29H34N4O2/c30-26-11-4-5-12-27(26)32-28(34)14-13-22-9-6-10-25(19-22)29(35)31-20-23-15-17-33(18-16-23)21-24-7-2-1-3-8-24/h1-12,19,23H,13-18,20-21,30H2,(H,31,35)(H,32,34). The van der Waals surface area contributed by atoms with Gasteiger partial charge in [0, 0.05) is 25.1 Å². The van der Waals surface area contributed by atoms with Crippen LogP contribution in [0.2, 0.25) is 0 Å². The van der Waals surface area contributed by atoms with Crippen molar-refractivity contribution in [3.8, 4) is 0 Å². The zero-order valence-corrected chi connectivity index (χ0v) is 20.1. The fourth-order valence-corrected chi connectivity index (χ4v) is 4.48. The second-order valence-electron chi connectivity index (χ2n) is 9.25. The van der Waals surface area contributed by atoms with Crippen LogP contribution in [0.3, 0.4) is 0 Å². The molecule has 0 bridgehead atoms. The molecule has 182 valence electrons. The highest BCUT2D eigenvalue weighted by atomic mass is 16.2. The van der Waals surface area contributed by atoms with Crippen LogP contribution < -0.4 is 16.4 Å². The molecule has 35 heavy (non-hydrogen) atoms. The van der Waals surface area contributed by atoms with Crippen molar-refractivity contribution >= 4 is 23.2 Å². The summed E-state index contributed by atoms with van der Waals surface area (Å²) >= 11 is 0. The first-order chi connectivity index (χ1) is 17.1. The number of nitrogens with zero attached hydrogens (tertiary/aromatic N) is 1. The van der Waals surface area contributed by atoms with E-state index in [4.69, 9.17) is 5.73 Å². The Morgan fingerprint density at radius 3 is 2.37 bits per heavy atom. The maximum Gasteiger partial charge on any atom is 0.251 e. The molecular weight excluding hydrogens is 436 g/mol. The monoisotopic (exact) mass is 470 g/mol. The number of benzene rings is 3. The Labute approximate surface area is 207 Å². The van der Waals surface area contributed by atoms with E-state index in [0.717, 1.165) is 38.0 Å². The van der Waals surface area contributed by atoms with Crippen molar-refractivity contribution in [2.24, 2.45) is 5.92 Å². The maximum absolute atomic E-state index is 12.7. The molecule has 1 aliphatic heterocycles. The van der Waals surface area contributed by atoms with Gasteiger partial charge in [-0.1, -0.05) is 54.6 Å². The van der Waals surface area contributed by atoms with Crippen molar-refractivity contribution in [3.05, 3.63) is 95.6 Å². The highest BCUT2D eigenvalue weighted by Gasteiger charge is 2.20. The topological polar surface area (TPSA) is 87.5 Å². The highest BCUT2D eigenvalue weighted by Crippen LogP contribution is 2.19. The van der Waals surface area contributed by atoms with E-state index in [0.29, 0.717) is 42.2 Å². The van der Waals surface area contributed by atoms with Crippen molar-refractivity contribution in [2.75, 3.05) is 30.7 Å². The maximum atomic E-state index is 12.7. The lowest BCUT2D eigenvalue weighted by atomic mass is 9.96. The van der Waals surface area contributed by atoms with E-state index in [9.17, 15) is 9.59 Å². The molecule has 0 aliphatic carbocycles. The number of aryl methyl sites for hydroxylation is 1. The van der Waals surface area contributed by atoms with Gasteiger partial charge in [-0.3, -0.25) is 14.5 Å². The molecule has 6 nitrogen and oxygen atoms in total. The van der Waals surface area contributed by atoms with Crippen LogP contribution in [0.4, 0.5) is 11.4 Å². The second-order valence-corrected chi connectivity index (χ2v) is 9.25. The number of nitrogens with two attached hydrogens (primary N) is 1. The average Bonchev–Trinajstić information content (AvgIpc) is 2.89. The third-order valence-corrected chi connectivity index (χ3v) is 6.57. The number of likely N-dealkylation sites (tertiary alicyclic amines) is 1. The van der Waals surface area contributed by atoms with Crippen LogP contribution in [0.25, 0.3) is 0 Å². The van der Waals surface area contributed by atoms with Gasteiger partial charge in [-0.2, -0.15) is 0 Å². The Bertz CT molecular complexity index is 1120. The van der Waals surface area contributed by atoms with Gasteiger partial charge in [-0.05, 0) is 73.7 Å². The third-order valence-electron chi connectivity index (χ3n) is 6.57. The quantitative estimate of drug-likeness (QED) is 0.402. The molecule has 0 aromatic heterocycles. The number of piperidine rings is 1. The molecule has 2 amide bonds. The van der Waals surface area contributed by atoms with Crippen molar-refractivity contribution < 1.29 is 9.59 Å². The molecule has 1 fully saturated rings. The number of carbonyl (C=O) groups excluding carboxylic acids is 2. The minimum absolute atomic E-state index is 0.0555. The van der Waals surface area contributed by atoms with E-state index in [2.05, 4.69) is 39.8 Å². The van der Waals surface area contributed by atoms with Gasteiger partial charge in [0.05, 0.1) is 11.4 Å². The summed E-state index contributed by atoms with van der Waals surface area (Å²) in [5.41, 5.74) is 10.00. The molecule has 1 saturated heterocycles. The summed E-state index contributed by atoms with van der Waals surface area (Å²) in [5.74, 6) is 0.347. The number of nitrogens with one attached hydrogen (secondary N) is 2. The third kappa shape index (κ3) is 7.42. The summed E-state index contributed by atoms with van der Waals surface area (Å²) in [5, 5.41) is 5.96. The van der Waals surface area contributed by atoms with E-state index >= 15 is 0 Å². The zero-order valence-electron chi connectivity index (χ0n) is 20.1. The number of carbonyl (C=O) groups is 2.